The molecular weight excluding hydrogens is 272 g/mol. The normalized spacial score (nSPS) is 12.0. The molecule has 0 saturated heterocycles. The summed E-state index contributed by atoms with van der Waals surface area (Å²) in [5.41, 5.74) is 0.966. The van der Waals surface area contributed by atoms with Crippen LogP contribution in [0.2, 0.25) is 0 Å². The molecule has 0 amide bonds. The number of ether oxygens (including phenoxy) is 4. The number of fused-ring (bicyclic) bond motifs is 1. The van der Waals surface area contributed by atoms with E-state index in [1.165, 1.54) is 0 Å². The lowest BCUT2D eigenvalue weighted by Crippen LogP contribution is -2.17. The summed E-state index contributed by atoms with van der Waals surface area (Å²) in [7, 11) is 0. The van der Waals surface area contributed by atoms with E-state index in [-0.39, 0.29) is 13.4 Å². The van der Waals surface area contributed by atoms with Crippen molar-refractivity contribution in [1.29, 1.82) is 0 Å². The SMILES string of the molecule is Cc1ccccc1OCC(=O)Oc1ccc2c(c1)OCO2. The minimum absolute atomic E-state index is 0.153. The van der Waals surface area contributed by atoms with Crippen LogP contribution in [0, 0.1) is 6.92 Å². The number of carbonyl (C=O) groups excluding carboxylic acids is 1. The Morgan fingerprint density at radius 2 is 1.95 bits per heavy atom. The van der Waals surface area contributed by atoms with Gasteiger partial charge >= 0.3 is 5.97 Å². The Hall–Kier alpha value is -2.69. The summed E-state index contributed by atoms with van der Waals surface area (Å²) >= 11 is 0. The van der Waals surface area contributed by atoms with E-state index in [1.54, 1.807) is 18.2 Å². The number of hydrogen-bond acceptors (Lipinski definition) is 5. The molecule has 5 heteroatoms. The summed E-state index contributed by atoms with van der Waals surface area (Å²) in [6, 6.07) is 12.5. The first-order valence-electron chi connectivity index (χ1n) is 6.51. The monoisotopic (exact) mass is 286 g/mol. The van der Waals surface area contributed by atoms with Crippen LogP contribution in [0.15, 0.2) is 42.5 Å². The summed E-state index contributed by atoms with van der Waals surface area (Å²) in [4.78, 5) is 11.8. The van der Waals surface area contributed by atoms with Crippen molar-refractivity contribution >= 4 is 5.97 Å². The fraction of sp³-hybridized carbons (Fsp3) is 0.188. The molecule has 0 aromatic heterocycles. The van der Waals surface area contributed by atoms with Gasteiger partial charge in [0.2, 0.25) is 6.79 Å². The van der Waals surface area contributed by atoms with Crippen LogP contribution in [0.25, 0.3) is 0 Å². The van der Waals surface area contributed by atoms with E-state index in [4.69, 9.17) is 18.9 Å². The Morgan fingerprint density at radius 1 is 1.14 bits per heavy atom. The van der Waals surface area contributed by atoms with E-state index < -0.39 is 5.97 Å². The molecule has 1 aliphatic rings. The summed E-state index contributed by atoms with van der Waals surface area (Å²) < 4.78 is 21.0. The van der Waals surface area contributed by atoms with Gasteiger partial charge in [0.1, 0.15) is 11.5 Å². The highest BCUT2D eigenvalue weighted by molar-refractivity contribution is 5.74. The molecule has 108 valence electrons. The fourth-order valence-corrected chi connectivity index (χ4v) is 1.96. The Kier molecular flexibility index (Phi) is 3.64. The van der Waals surface area contributed by atoms with Gasteiger partial charge in [-0.25, -0.2) is 4.79 Å². The fourth-order valence-electron chi connectivity index (χ4n) is 1.96. The summed E-state index contributed by atoms with van der Waals surface area (Å²) in [6.45, 7) is 1.95. The first-order chi connectivity index (χ1) is 10.2. The van der Waals surface area contributed by atoms with E-state index in [9.17, 15) is 4.79 Å². The van der Waals surface area contributed by atoms with Gasteiger partial charge in [0.25, 0.3) is 0 Å². The molecule has 1 aliphatic heterocycles. The highest BCUT2D eigenvalue weighted by atomic mass is 16.7. The maximum atomic E-state index is 11.8. The maximum Gasteiger partial charge on any atom is 0.349 e. The molecule has 21 heavy (non-hydrogen) atoms. The van der Waals surface area contributed by atoms with Crippen molar-refractivity contribution < 1.29 is 23.7 Å². The molecule has 3 rings (SSSR count). The lowest BCUT2D eigenvalue weighted by atomic mass is 10.2. The standard InChI is InChI=1S/C16H14O5/c1-11-4-2-3-5-13(11)18-9-16(17)21-12-6-7-14-15(8-12)20-10-19-14/h2-8H,9-10H2,1H3. The Labute approximate surface area is 122 Å². The topological polar surface area (TPSA) is 54.0 Å². The van der Waals surface area contributed by atoms with Crippen LogP contribution in [0.3, 0.4) is 0 Å². The van der Waals surface area contributed by atoms with Gasteiger partial charge < -0.3 is 18.9 Å². The second-order valence-electron chi connectivity index (χ2n) is 4.54. The maximum absolute atomic E-state index is 11.8. The van der Waals surface area contributed by atoms with Crippen molar-refractivity contribution in [2.75, 3.05) is 13.4 Å². The van der Waals surface area contributed by atoms with Crippen LogP contribution in [0.1, 0.15) is 5.56 Å². The average Bonchev–Trinajstić information content (AvgIpc) is 2.94. The third-order valence-electron chi connectivity index (χ3n) is 3.01. The van der Waals surface area contributed by atoms with Crippen molar-refractivity contribution in [1.82, 2.24) is 0 Å². The van der Waals surface area contributed by atoms with Crippen molar-refractivity contribution in [2.24, 2.45) is 0 Å². The largest absolute Gasteiger partial charge is 0.482 e. The van der Waals surface area contributed by atoms with E-state index in [0.29, 0.717) is 23.0 Å². The van der Waals surface area contributed by atoms with Gasteiger partial charge in [-0.15, -0.1) is 0 Å². The first kappa shape index (κ1) is 13.3. The molecule has 0 aliphatic carbocycles. The van der Waals surface area contributed by atoms with Crippen LogP contribution in [0.5, 0.6) is 23.0 Å². The van der Waals surface area contributed by atoms with E-state index >= 15 is 0 Å². The molecule has 0 atom stereocenters. The number of para-hydroxylation sites is 1. The third-order valence-corrected chi connectivity index (χ3v) is 3.01. The number of carbonyl (C=O) groups is 1. The molecule has 2 aromatic carbocycles. The number of rotatable bonds is 4. The summed E-state index contributed by atoms with van der Waals surface area (Å²) in [6.07, 6.45) is 0. The zero-order valence-corrected chi connectivity index (χ0v) is 11.5. The predicted molar refractivity (Wildman–Crippen MR) is 74.9 cm³/mol. The van der Waals surface area contributed by atoms with E-state index in [1.807, 2.05) is 31.2 Å². The quantitative estimate of drug-likeness (QED) is 0.639. The van der Waals surface area contributed by atoms with Crippen LogP contribution in [-0.4, -0.2) is 19.4 Å². The van der Waals surface area contributed by atoms with Gasteiger partial charge in [-0.1, -0.05) is 18.2 Å². The van der Waals surface area contributed by atoms with Crippen LogP contribution in [-0.2, 0) is 4.79 Å². The van der Waals surface area contributed by atoms with Gasteiger partial charge in [-0.05, 0) is 30.7 Å². The smallest absolute Gasteiger partial charge is 0.349 e. The molecule has 5 nitrogen and oxygen atoms in total. The lowest BCUT2D eigenvalue weighted by Gasteiger charge is -2.09. The van der Waals surface area contributed by atoms with Crippen LogP contribution < -0.4 is 18.9 Å². The van der Waals surface area contributed by atoms with Gasteiger partial charge in [0, 0.05) is 6.07 Å². The Bertz CT molecular complexity index is 665. The van der Waals surface area contributed by atoms with Gasteiger partial charge in [0.05, 0.1) is 0 Å². The molecule has 0 radical (unpaired) electrons. The Balaban J connectivity index is 1.58. The molecule has 0 spiro atoms. The molecule has 0 bridgehead atoms. The van der Waals surface area contributed by atoms with Crippen molar-refractivity contribution in [3.05, 3.63) is 48.0 Å². The second kappa shape index (κ2) is 5.75. The average molecular weight is 286 g/mol. The molecular formula is C16H14O5. The Morgan fingerprint density at radius 3 is 2.81 bits per heavy atom. The highest BCUT2D eigenvalue weighted by Crippen LogP contribution is 2.35. The minimum atomic E-state index is -0.475. The molecule has 2 aromatic rings. The summed E-state index contributed by atoms with van der Waals surface area (Å²) in [5, 5.41) is 0. The van der Waals surface area contributed by atoms with Crippen molar-refractivity contribution in [3.63, 3.8) is 0 Å². The number of benzene rings is 2. The van der Waals surface area contributed by atoms with Gasteiger partial charge in [0.15, 0.2) is 18.1 Å². The number of hydrogen-bond donors (Lipinski definition) is 0. The zero-order chi connectivity index (χ0) is 14.7. The molecule has 0 fully saturated rings. The lowest BCUT2D eigenvalue weighted by molar-refractivity contribution is -0.136. The van der Waals surface area contributed by atoms with Gasteiger partial charge in [-0.3, -0.25) is 0 Å². The molecule has 1 heterocycles. The van der Waals surface area contributed by atoms with Gasteiger partial charge in [-0.2, -0.15) is 0 Å². The second-order valence-corrected chi connectivity index (χ2v) is 4.54. The molecule has 0 N–H and O–H groups in total. The van der Waals surface area contributed by atoms with Crippen LogP contribution in [0.4, 0.5) is 0 Å². The molecule has 0 saturated carbocycles. The van der Waals surface area contributed by atoms with Crippen LogP contribution >= 0.6 is 0 Å². The molecule has 0 unspecified atom stereocenters. The first-order valence-corrected chi connectivity index (χ1v) is 6.51. The minimum Gasteiger partial charge on any atom is -0.482 e. The van der Waals surface area contributed by atoms with Crippen molar-refractivity contribution in [3.8, 4) is 23.0 Å². The number of esters is 1. The van der Waals surface area contributed by atoms with Crippen molar-refractivity contribution in [2.45, 2.75) is 6.92 Å². The highest BCUT2D eigenvalue weighted by Gasteiger charge is 2.15. The third kappa shape index (κ3) is 3.08. The number of aryl methyl sites for hydroxylation is 1. The van der Waals surface area contributed by atoms with E-state index in [0.717, 1.165) is 5.56 Å². The van der Waals surface area contributed by atoms with E-state index in [2.05, 4.69) is 0 Å². The summed E-state index contributed by atoms with van der Waals surface area (Å²) in [5.74, 6) is 1.81. The zero-order valence-electron chi connectivity index (χ0n) is 11.5. The predicted octanol–water partition coefficient (Wildman–Crippen LogP) is 2.71.